The largest absolute Gasteiger partial charge is 0.353 e. The molecule has 0 aromatic carbocycles. The topological polar surface area (TPSA) is 75.4 Å². The average molecular weight is 227 g/mol. The predicted octanol–water partition coefficient (Wildman–Crippen LogP) is -0.148. The van der Waals surface area contributed by atoms with Crippen LogP contribution in [0, 0.1) is 0 Å². The maximum absolute atomic E-state index is 11.5. The maximum atomic E-state index is 11.5. The fourth-order valence-electron chi connectivity index (χ4n) is 1.88. The molecule has 1 aliphatic heterocycles. The summed E-state index contributed by atoms with van der Waals surface area (Å²) in [6.45, 7) is 3.71. The van der Waals surface area contributed by atoms with Crippen molar-refractivity contribution in [3.8, 4) is 0 Å². The van der Waals surface area contributed by atoms with Crippen LogP contribution in [0.25, 0.3) is 0 Å². The van der Waals surface area contributed by atoms with E-state index in [1.54, 1.807) is 0 Å². The Morgan fingerprint density at radius 2 is 2.00 bits per heavy atom. The molecule has 0 spiro atoms. The first kappa shape index (κ1) is 13.0. The van der Waals surface area contributed by atoms with E-state index in [1.807, 2.05) is 11.8 Å². The lowest BCUT2D eigenvalue weighted by molar-refractivity contribution is -0.132. The molecule has 92 valence electrons. The van der Waals surface area contributed by atoms with Gasteiger partial charge in [0.05, 0.1) is 0 Å². The second kappa shape index (κ2) is 6.48. The van der Waals surface area contributed by atoms with Crippen LogP contribution >= 0.6 is 0 Å². The van der Waals surface area contributed by atoms with E-state index >= 15 is 0 Å². The molecular formula is C11H21N3O2. The van der Waals surface area contributed by atoms with Crippen molar-refractivity contribution in [3.05, 3.63) is 0 Å². The number of amides is 2. The first-order valence-corrected chi connectivity index (χ1v) is 5.94. The van der Waals surface area contributed by atoms with E-state index in [2.05, 4.69) is 5.32 Å². The van der Waals surface area contributed by atoms with E-state index < -0.39 is 0 Å². The quantitative estimate of drug-likeness (QED) is 0.701. The Bertz CT molecular complexity index is 248. The molecule has 3 N–H and O–H groups in total. The van der Waals surface area contributed by atoms with E-state index in [9.17, 15) is 9.59 Å². The Hall–Kier alpha value is -1.10. The van der Waals surface area contributed by atoms with Gasteiger partial charge in [-0.2, -0.15) is 0 Å². The molecule has 0 aromatic heterocycles. The number of hydrogen-bond donors (Lipinski definition) is 2. The molecule has 1 aliphatic rings. The summed E-state index contributed by atoms with van der Waals surface area (Å²) in [6, 6.07) is 0.231. The van der Waals surface area contributed by atoms with Gasteiger partial charge in [-0.25, -0.2) is 0 Å². The SMILES string of the molecule is CCC(=O)NC1CCN(C(=O)CCN)CC1. The van der Waals surface area contributed by atoms with Crippen LogP contribution in [0.4, 0.5) is 0 Å². The lowest BCUT2D eigenvalue weighted by Crippen LogP contribution is -2.46. The molecule has 0 radical (unpaired) electrons. The number of carbonyl (C=O) groups is 2. The minimum absolute atomic E-state index is 0.0896. The van der Waals surface area contributed by atoms with Crippen molar-refractivity contribution >= 4 is 11.8 Å². The van der Waals surface area contributed by atoms with Crippen LogP contribution in [-0.4, -0.2) is 42.4 Å². The van der Waals surface area contributed by atoms with Gasteiger partial charge in [0.2, 0.25) is 11.8 Å². The molecule has 0 saturated carbocycles. The fraction of sp³-hybridized carbons (Fsp3) is 0.818. The van der Waals surface area contributed by atoms with E-state index in [-0.39, 0.29) is 17.9 Å². The highest BCUT2D eigenvalue weighted by molar-refractivity contribution is 5.77. The Balaban J connectivity index is 2.28. The lowest BCUT2D eigenvalue weighted by Gasteiger charge is -2.32. The zero-order chi connectivity index (χ0) is 12.0. The van der Waals surface area contributed by atoms with Gasteiger partial charge in [0, 0.05) is 38.5 Å². The second-order valence-corrected chi connectivity index (χ2v) is 4.11. The van der Waals surface area contributed by atoms with Crippen LogP contribution in [0.2, 0.25) is 0 Å². The molecular weight excluding hydrogens is 206 g/mol. The van der Waals surface area contributed by atoms with Gasteiger partial charge in [-0.15, -0.1) is 0 Å². The van der Waals surface area contributed by atoms with Crippen molar-refractivity contribution in [1.82, 2.24) is 10.2 Å². The fourth-order valence-corrected chi connectivity index (χ4v) is 1.88. The monoisotopic (exact) mass is 227 g/mol. The van der Waals surface area contributed by atoms with Gasteiger partial charge in [0.15, 0.2) is 0 Å². The minimum atomic E-state index is 0.0896. The van der Waals surface area contributed by atoms with Crippen molar-refractivity contribution < 1.29 is 9.59 Å². The van der Waals surface area contributed by atoms with Gasteiger partial charge in [-0.1, -0.05) is 6.92 Å². The number of hydrogen-bond acceptors (Lipinski definition) is 3. The first-order chi connectivity index (χ1) is 7.67. The van der Waals surface area contributed by atoms with Crippen LogP contribution in [0.1, 0.15) is 32.6 Å². The van der Waals surface area contributed by atoms with Crippen LogP contribution in [0.15, 0.2) is 0 Å². The number of piperidine rings is 1. The third kappa shape index (κ3) is 3.81. The normalized spacial score (nSPS) is 17.2. The summed E-state index contributed by atoms with van der Waals surface area (Å²) in [7, 11) is 0. The molecule has 0 atom stereocenters. The molecule has 16 heavy (non-hydrogen) atoms. The average Bonchev–Trinajstić information content (AvgIpc) is 2.30. The minimum Gasteiger partial charge on any atom is -0.353 e. The summed E-state index contributed by atoms with van der Waals surface area (Å²) in [5, 5.41) is 2.96. The van der Waals surface area contributed by atoms with Gasteiger partial charge < -0.3 is 16.0 Å². The van der Waals surface area contributed by atoms with Gasteiger partial charge >= 0.3 is 0 Å². The predicted molar refractivity (Wildman–Crippen MR) is 61.7 cm³/mol. The number of nitrogens with two attached hydrogens (primary N) is 1. The smallest absolute Gasteiger partial charge is 0.223 e. The van der Waals surface area contributed by atoms with E-state index in [1.165, 1.54) is 0 Å². The van der Waals surface area contributed by atoms with Gasteiger partial charge in [0.1, 0.15) is 0 Å². The molecule has 1 fully saturated rings. The van der Waals surface area contributed by atoms with Gasteiger partial charge in [-0.05, 0) is 12.8 Å². The highest BCUT2D eigenvalue weighted by Crippen LogP contribution is 2.11. The molecule has 1 rings (SSSR count). The lowest BCUT2D eigenvalue weighted by atomic mass is 10.0. The molecule has 0 aliphatic carbocycles. The third-order valence-corrected chi connectivity index (χ3v) is 2.89. The van der Waals surface area contributed by atoms with Crippen molar-refractivity contribution in [2.45, 2.75) is 38.6 Å². The highest BCUT2D eigenvalue weighted by atomic mass is 16.2. The summed E-state index contributed by atoms with van der Waals surface area (Å²) in [4.78, 5) is 24.6. The highest BCUT2D eigenvalue weighted by Gasteiger charge is 2.22. The maximum Gasteiger partial charge on any atom is 0.223 e. The molecule has 0 aromatic rings. The van der Waals surface area contributed by atoms with Crippen molar-refractivity contribution in [2.75, 3.05) is 19.6 Å². The number of carbonyl (C=O) groups excluding carboxylic acids is 2. The van der Waals surface area contributed by atoms with E-state index in [0.717, 1.165) is 25.9 Å². The molecule has 5 heteroatoms. The molecule has 0 unspecified atom stereocenters. The summed E-state index contributed by atoms with van der Waals surface area (Å²) in [6.07, 6.45) is 2.64. The van der Waals surface area contributed by atoms with E-state index in [4.69, 9.17) is 5.73 Å². The van der Waals surface area contributed by atoms with Crippen molar-refractivity contribution in [1.29, 1.82) is 0 Å². The van der Waals surface area contributed by atoms with Crippen molar-refractivity contribution in [2.24, 2.45) is 5.73 Å². The summed E-state index contributed by atoms with van der Waals surface area (Å²) in [5.74, 6) is 0.217. The number of nitrogens with one attached hydrogen (secondary N) is 1. The number of nitrogens with zero attached hydrogens (tertiary/aromatic N) is 1. The van der Waals surface area contributed by atoms with Crippen molar-refractivity contribution in [3.63, 3.8) is 0 Å². The van der Waals surface area contributed by atoms with Crippen LogP contribution in [0.5, 0.6) is 0 Å². The zero-order valence-electron chi connectivity index (χ0n) is 9.87. The first-order valence-electron chi connectivity index (χ1n) is 5.94. The van der Waals surface area contributed by atoms with Crippen LogP contribution < -0.4 is 11.1 Å². The molecule has 5 nitrogen and oxygen atoms in total. The zero-order valence-corrected chi connectivity index (χ0v) is 9.87. The molecule has 1 saturated heterocycles. The van der Waals surface area contributed by atoms with E-state index in [0.29, 0.717) is 19.4 Å². The summed E-state index contributed by atoms with van der Waals surface area (Å²) in [5.41, 5.74) is 5.34. The Kier molecular flexibility index (Phi) is 5.25. The van der Waals surface area contributed by atoms with Crippen LogP contribution in [-0.2, 0) is 9.59 Å². The third-order valence-electron chi connectivity index (χ3n) is 2.89. The standard InChI is InChI=1S/C11H21N3O2/c1-2-10(15)13-9-4-7-14(8-5-9)11(16)3-6-12/h9H,2-8,12H2,1H3,(H,13,15). The number of rotatable bonds is 4. The Labute approximate surface area is 96.4 Å². The Morgan fingerprint density at radius 1 is 1.38 bits per heavy atom. The second-order valence-electron chi connectivity index (χ2n) is 4.11. The molecule has 2 amide bonds. The van der Waals surface area contributed by atoms with Crippen LogP contribution in [0.3, 0.4) is 0 Å². The number of likely N-dealkylation sites (tertiary alicyclic amines) is 1. The molecule has 1 heterocycles. The Morgan fingerprint density at radius 3 is 2.50 bits per heavy atom. The molecule has 0 bridgehead atoms. The summed E-state index contributed by atoms with van der Waals surface area (Å²) >= 11 is 0. The summed E-state index contributed by atoms with van der Waals surface area (Å²) < 4.78 is 0. The van der Waals surface area contributed by atoms with Gasteiger partial charge in [-0.3, -0.25) is 9.59 Å². The van der Waals surface area contributed by atoms with Gasteiger partial charge in [0.25, 0.3) is 0 Å².